The van der Waals surface area contributed by atoms with Gasteiger partial charge in [-0.25, -0.2) is 0 Å². The van der Waals surface area contributed by atoms with Crippen LogP contribution < -0.4 is 10.6 Å². The molecule has 0 spiro atoms. The molecule has 1 atom stereocenters. The van der Waals surface area contributed by atoms with Gasteiger partial charge in [-0.05, 0) is 23.8 Å². The minimum absolute atomic E-state index is 0.204. The molecular formula is C15H14N2O3. The Labute approximate surface area is 116 Å². The van der Waals surface area contributed by atoms with Crippen molar-refractivity contribution in [1.29, 1.82) is 0 Å². The van der Waals surface area contributed by atoms with E-state index in [9.17, 15) is 9.59 Å². The molecule has 1 aliphatic rings. The second-order valence-corrected chi connectivity index (χ2v) is 4.68. The van der Waals surface area contributed by atoms with E-state index in [1.54, 1.807) is 24.5 Å². The van der Waals surface area contributed by atoms with E-state index >= 15 is 0 Å². The summed E-state index contributed by atoms with van der Waals surface area (Å²) in [5.74, 6) is 0.273. The minimum atomic E-state index is -0.535. The highest BCUT2D eigenvalue weighted by molar-refractivity contribution is 6.00. The third kappa shape index (κ3) is 2.42. The number of hydrogen-bond donors (Lipinski definition) is 2. The SMILES string of the molecule is O=C1N[C@@H](C(=O)NCc2ccco2)Cc2ccccc21. The van der Waals surface area contributed by atoms with Gasteiger partial charge in [0.2, 0.25) is 5.91 Å². The number of fused-ring (bicyclic) bond motifs is 1. The molecule has 0 unspecified atom stereocenters. The first kappa shape index (κ1) is 12.5. The van der Waals surface area contributed by atoms with E-state index in [4.69, 9.17) is 4.42 Å². The van der Waals surface area contributed by atoms with Gasteiger partial charge in [0.25, 0.3) is 5.91 Å². The monoisotopic (exact) mass is 270 g/mol. The fourth-order valence-electron chi connectivity index (χ4n) is 2.30. The summed E-state index contributed by atoms with van der Waals surface area (Å²) < 4.78 is 5.15. The van der Waals surface area contributed by atoms with Crippen LogP contribution in [0.2, 0.25) is 0 Å². The van der Waals surface area contributed by atoms with E-state index < -0.39 is 6.04 Å². The van der Waals surface area contributed by atoms with Gasteiger partial charge in [-0.2, -0.15) is 0 Å². The summed E-state index contributed by atoms with van der Waals surface area (Å²) in [4.78, 5) is 24.0. The Morgan fingerprint density at radius 1 is 1.30 bits per heavy atom. The Morgan fingerprint density at radius 3 is 2.95 bits per heavy atom. The second-order valence-electron chi connectivity index (χ2n) is 4.68. The average Bonchev–Trinajstić information content (AvgIpc) is 2.98. The van der Waals surface area contributed by atoms with Crippen LogP contribution in [0.4, 0.5) is 0 Å². The maximum Gasteiger partial charge on any atom is 0.252 e. The maximum absolute atomic E-state index is 12.1. The lowest BCUT2D eigenvalue weighted by molar-refractivity contribution is -0.123. The lowest BCUT2D eigenvalue weighted by atomic mass is 9.95. The van der Waals surface area contributed by atoms with Gasteiger partial charge in [0.05, 0.1) is 12.8 Å². The number of furan rings is 1. The van der Waals surface area contributed by atoms with Gasteiger partial charge >= 0.3 is 0 Å². The smallest absolute Gasteiger partial charge is 0.252 e. The van der Waals surface area contributed by atoms with Gasteiger partial charge in [-0.15, -0.1) is 0 Å². The summed E-state index contributed by atoms with van der Waals surface area (Å²) in [6.45, 7) is 0.319. The number of carbonyl (C=O) groups excluding carboxylic acids is 2. The molecule has 0 bridgehead atoms. The molecule has 0 aliphatic carbocycles. The van der Waals surface area contributed by atoms with Crippen LogP contribution in [0.5, 0.6) is 0 Å². The van der Waals surface area contributed by atoms with Crippen LogP contribution in [0, 0.1) is 0 Å². The molecule has 1 aromatic carbocycles. The van der Waals surface area contributed by atoms with Gasteiger partial charge in [0, 0.05) is 12.0 Å². The van der Waals surface area contributed by atoms with E-state index in [1.807, 2.05) is 18.2 Å². The molecule has 2 amide bonds. The normalized spacial score (nSPS) is 17.2. The molecule has 102 valence electrons. The second kappa shape index (κ2) is 5.21. The van der Waals surface area contributed by atoms with Crippen molar-refractivity contribution < 1.29 is 14.0 Å². The van der Waals surface area contributed by atoms with Crippen LogP contribution in [0.3, 0.4) is 0 Å². The van der Waals surface area contributed by atoms with Crippen molar-refractivity contribution in [1.82, 2.24) is 10.6 Å². The Balaban J connectivity index is 1.67. The fourth-order valence-corrected chi connectivity index (χ4v) is 2.30. The molecule has 1 aromatic heterocycles. The van der Waals surface area contributed by atoms with E-state index in [0.717, 1.165) is 5.56 Å². The number of benzene rings is 1. The number of hydrogen-bond acceptors (Lipinski definition) is 3. The standard InChI is InChI=1S/C15H14N2O3/c18-14-12-6-2-1-4-10(12)8-13(17-14)15(19)16-9-11-5-3-7-20-11/h1-7,13H,8-9H2,(H,16,19)(H,17,18)/t13-/m1/s1. The van der Waals surface area contributed by atoms with Gasteiger partial charge in [-0.1, -0.05) is 18.2 Å². The molecule has 0 saturated heterocycles. The van der Waals surface area contributed by atoms with Crippen molar-refractivity contribution in [2.24, 2.45) is 0 Å². The minimum Gasteiger partial charge on any atom is -0.467 e. The summed E-state index contributed by atoms with van der Waals surface area (Å²) in [5.41, 5.74) is 1.54. The lowest BCUT2D eigenvalue weighted by Crippen LogP contribution is -2.50. The quantitative estimate of drug-likeness (QED) is 0.881. The third-order valence-electron chi connectivity index (χ3n) is 3.32. The highest BCUT2D eigenvalue weighted by atomic mass is 16.3. The average molecular weight is 270 g/mol. The van der Waals surface area contributed by atoms with E-state index in [-0.39, 0.29) is 11.8 Å². The van der Waals surface area contributed by atoms with Crippen molar-refractivity contribution in [2.75, 3.05) is 0 Å². The fraction of sp³-hybridized carbons (Fsp3) is 0.200. The molecule has 5 heteroatoms. The zero-order valence-electron chi connectivity index (χ0n) is 10.8. The van der Waals surface area contributed by atoms with Gasteiger partial charge < -0.3 is 15.1 Å². The number of nitrogens with one attached hydrogen (secondary N) is 2. The largest absolute Gasteiger partial charge is 0.467 e. The molecule has 0 fully saturated rings. The predicted molar refractivity (Wildman–Crippen MR) is 72.0 cm³/mol. The zero-order chi connectivity index (χ0) is 13.9. The third-order valence-corrected chi connectivity index (χ3v) is 3.32. The first-order valence-electron chi connectivity index (χ1n) is 6.43. The van der Waals surface area contributed by atoms with Crippen LogP contribution in [0.25, 0.3) is 0 Å². The Morgan fingerprint density at radius 2 is 2.15 bits per heavy atom. The molecule has 0 radical (unpaired) electrons. The Hall–Kier alpha value is -2.56. The van der Waals surface area contributed by atoms with Crippen molar-refractivity contribution in [3.8, 4) is 0 Å². The van der Waals surface area contributed by atoms with E-state index in [0.29, 0.717) is 24.3 Å². The molecule has 2 aromatic rings. The summed E-state index contributed by atoms with van der Waals surface area (Å²) in [6.07, 6.45) is 2.06. The van der Waals surface area contributed by atoms with Crippen molar-refractivity contribution in [3.05, 3.63) is 59.5 Å². The number of carbonyl (C=O) groups is 2. The zero-order valence-corrected chi connectivity index (χ0v) is 10.8. The summed E-state index contributed by atoms with van der Waals surface area (Å²) >= 11 is 0. The predicted octanol–water partition coefficient (Wildman–Crippen LogP) is 1.25. The molecule has 5 nitrogen and oxygen atoms in total. The molecule has 1 aliphatic heterocycles. The van der Waals surface area contributed by atoms with Crippen molar-refractivity contribution >= 4 is 11.8 Å². The number of rotatable bonds is 3. The first-order chi connectivity index (χ1) is 9.74. The van der Waals surface area contributed by atoms with Crippen LogP contribution in [0.15, 0.2) is 47.1 Å². The number of amides is 2. The molecule has 2 heterocycles. The van der Waals surface area contributed by atoms with Crippen LogP contribution >= 0.6 is 0 Å². The molecule has 20 heavy (non-hydrogen) atoms. The van der Waals surface area contributed by atoms with E-state index in [1.165, 1.54) is 0 Å². The lowest BCUT2D eigenvalue weighted by Gasteiger charge is -2.24. The highest BCUT2D eigenvalue weighted by Crippen LogP contribution is 2.16. The molecule has 3 rings (SSSR count). The Bertz CT molecular complexity index is 634. The Kier molecular flexibility index (Phi) is 3.25. The molecule has 2 N–H and O–H groups in total. The molecule has 0 saturated carbocycles. The highest BCUT2D eigenvalue weighted by Gasteiger charge is 2.28. The summed E-state index contributed by atoms with van der Waals surface area (Å²) in [7, 11) is 0. The van der Waals surface area contributed by atoms with Crippen molar-refractivity contribution in [3.63, 3.8) is 0 Å². The van der Waals surface area contributed by atoms with Gasteiger partial charge in [-0.3, -0.25) is 9.59 Å². The summed E-state index contributed by atoms with van der Waals surface area (Å²) in [6, 6.07) is 10.3. The van der Waals surface area contributed by atoms with Gasteiger partial charge in [0.1, 0.15) is 11.8 Å². The summed E-state index contributed by atoms with van der Waals surface area (Å²) in [5, 5.41) is 5.48. The van der Waals surface area contributed by atoms with Crippen LogP contribution in [0.1, 0.15) is 21.7 Å². The maximum atomic E-state index is 12.1. The van der Waals surface area contributed by atoms with Crippen molar-refractivity contribution in [2.45, 2.75) is 19.0 Å². The van der Waals surface area contributed by atoms with Gasteiger partial charge in [0.15, 0.2) is 0 Å². The molecular weight excluding hydrogens is 256 g/mol. The topological polar surface area (TPSA) is 71.3 Å². The van der Waals surface area contributed by atoms with Crippen LogP contribution in [-0.4, -0.2) is 17.9 Å². The van der Waals surface area contributed by atoms with Crippen LogP contribution in [-0.2, 0) is 17.8 Å². The van der Waals surface area contributed by atoms with E-state index in [2.05, 4.69) is 10.6 Å². The first-order valence-corrected chi connectivity index (χ1v) is 6.43.